The van der Waals surface area contributed by atoms with Crippen LogP contribution in [0.15, 0.2) is 78.0 Å². The minimum Gasteiger partial charge on any atom is -0.311 e. The van der Waals surface area contributed by atoms with Crippen molar-refractivity contribution in [3.8, 4) is 0 Å². The van der Waals surface area contributed by atoms with Crippen LogP contribution in [0.1, 0.15) is 17.5 Å². The molecule has 154 valence electrons. The lowest BCUT2D eigenvalue weighted by molar-refractivity contribution is -0.117. The van der Waals surface area contributed by atoms with Gasteiger partial charge in [0.2, 0.25) is 5.91 Å². The second-order valence-corrected chi connectivity index (χ2v) is 9.18. The third kappa shape index (κ3) is 3.93. The lowest BCUT2D eigenvalue weighted by atomic mass is 10.0. The molecule has 0 unspecified atom stereocenters. The Morgan fingerprint density at radius 1 is 1.07 bits per heavy atom. The Hall–Kier alpha value is -3.19. The van der Waals surface area contributed by atoms with Gasteiger partial charge in [0.15, 0.2) is 0 Å². The van der Waals surface area contributed by atoms with Crippen LogP contribution in [0.2, 0.25) is 0 Å². The van der Waals surface area contributed by atoms with Crippen molar-refractivity contribution in [1.82, 2.24) is 4.98 Å². The van der Waals surface area contributed by atoms with Crippen molar-refractivity contribution in [1.29, 1.82) is 0 Å². The monoisotopic (exact) mass is 421 g/mol. The number of hydrogen-bond donors (Lipinski definition) is 0. The molecule has 0 spiro atoms. The third-order valence-corrected chi connectivity index (χ3v) is 6.99. The Balaban J connectivity index is 1.71. The highest BCUT2D eigenvalue weighted by molar-refractivity contribution is 7.92. The Morgan fingerprint density at radius 2 is 1.83 bits per heavy atom. The van der Waals surface area contributed by atoms with Crippen LogP contribution in [0.4, 0.5) is 11.4 Å². The highest BCUT2D eigenvalue weighted by Crippen LogP contribution is 2.29. The van der Waals surface area contributed by atoms with Gasteiger partial charge >= 0.3 is 0 Å². The van der Waals surface area contributed by atoms with E-state index in [1.54, 1.807) is 23.1 Å². The average molecular weight is 422 g/mol. The van der Waals surface area contributed by atoms with Crippen molar-refractivity contribution in [2.75, 3.05) is 22.3 Å². The SMILES string of the molecule is Cc1ccc(N(CC(=O)N2CCCc3ccccc32)S(=O)(=O)c2cccnc2)cc1. The van der Waals surface area contributed by atoms with Gasteiger partial charge in [0.25, 0.3) is 10.0 Å². The number of aryl methyl sites for hydroxylation is 2. The molecule has 0 N–H and O–H groups in total. The highest BCUT2D eigenvalue weighted by atomic mass is 32.2. The van der Waals surface area contributed by atoms with Gasteiger partial charge < -0.3 is 4.90 Å². The molecule has 0 bridgehead atoms. The van der Waals surface area contributed by atoms with Crippen LogP contribution in [0.3, 0.4) is 0 Å². The maximum absolute atomic E-state index is 13.4. The molecule has 6 nitrogen and oxygen atoms in total. The molecule has 1 aliphatic heterocycles. The summed E-state index contributed by atoms with van der Waals surface area (Å²) in [6, 6.07) is 18.0. The van der Waals surface area contributed by atoms with E-state index < -0.39 is 10.0 Å². The number of aromatic nitrogens is 1. The number of hydrogen-bond acceptors (Lipinski definition) is 4. The van der Waals surface area contributed by atoms with Crippen LogP contribution in [0, 0.1) is 6.92 Å². The second-order valence-electron chi connectivity index (χ2n) is 7.31. The number of carbonyl (C=O) groups is 1. The Kier molecular flexibility index (Phi) is 5.55. The summed E-state index contributed by atoms with van der Waals surface area (Å²) in [6.07, 6.45) is 4.58. The number of carbonyl (C=O) groups excluding carboxylic acids is 1. The quantitative estimate of drug-likeness (QED) is 0.632. The fraction of sp³-hybridized carbons (Fsp3) is 0.217. The average Bonchev–Trinajstić information content (AvgIpc) is 2.78. The normalized spacial score (nSPS) is 13.6. The van der Waals surface area contributed by atoms with E-state index in [0.717, 1.165) is 29.7 Å². The standard InChI is InChI=1S/C23H23N3O3S/c1-18-10-12-20(13-11-18)26(30(28,29)21-8-4-14-24-16-21)17-23(27)25-15-5-7-19-6-2-3-9-22(19)25/h2-4,6,8-14,16H,5,7,15,17H2,1H3. The number of sulfonamides is 1. The van der Waals surface area contributed by atoms with Crippen LogP contribution in [-0.2, 0) is 21.2 Å². The van der Waals surface area contributed by atoms with E-state index in [0.29, 0.717) is 12.2 Å². The van der Waals surface area contributed by atoms with Crippen molar-refractivity contribution in [2.45, 2.75) is 24.7 Å². The van der Waals surface area contributed by atoms with Gasteiger partial charge in [-0.3, -0.25) is 14.1 Å². The molecule has 3 aromatic rings. The zero-order valence-electron chi connectivity index (χ0n) is 16.7. The van der Waals surface area contributed by atoms with Crippen LogP contribution in [-0.4, -0.2) is 32.4 Å². The van der Waals surface area contributed by atoms with Crippen LogP contribution in [0.25, 0.3) is 0 Å². The molecule has 2 heterocycles. The number of benzene rings is 2. The molecule has 1 amide bonds. The minimum absolute atomic E-state index is 0.0532. The summed E-state index contributed by atoms with van der Waals surface area (Å²) in [4.78, 5) is 19.0. The maximum Gasteiger partial charge on any atom is 0.266 e. The molecule has 2 aromatic carbocycles. The number of para-hydroxylation sites is 1. The topological polar surface area (TPSA) is 70.6 Å². The van der Waals surface area contributed by atoms with Gasteiger partial charge in [-0.05, 0) is 55.7 Å². The molecule has 0 aliphatic carbocycles. The van der Waals surface area contributed by atoms with Gasteiger partial charge in [-0.1, -0.05) is 35.9 Å². The number of amides is 1. The molecule has 0 radical (unpaired) electrons. The fourth-order valence-corrected chi connectivity index (χ4v) is 5.03. The first-order chi connectivity index (χ1) is 14.5. The molecule has 1 aliphatic rings. The Labute approximate surface area is 176 Å². The van der Waals surface area contributed by atoms with Crippen LogP contribution in [0.5, 0.6) is 0 Å². The first-order valence-electron chi connectivity index (χ1n) is 9.84. The predicted octanol–water partition coefficient (Wildman–Crippen LogP) is 3.56. The predicted molar refractivity (Wildman–Crippen MR) is 117 cm³/mol. The van der Waals surface area contributed by atoms with E-state index in [1.807, 2.05) is 43.3 Å². The molecule has 4 rings (SSSR count). The smallest absolute Gasteiger partial charge is 0.266 e. The molecule has 0 saturated carbocycles. The van der Waals surface area contributed by atoms with Gasteiger partial charge in [-0.15, -0.1) is 0 Å². The number of rotatable bonds is 5. The summed E-state index contributed by atoms with van der Waals surface area (Å²) < 4.78 is 28.0. The molecule has 0 saturated heterocycles. The Bertz CT molecular complexity index is 1150. The number of pyridine rings is 1. The van der Waals surface area contributed by atoms with E-state index in [1.165, 1.54) is 22.8 Å². The summed E-state index contributed by atoms with van der Waals surface area (Å²) >= 11 is 0. The van der Waals surface area contributed by atoms with Crippen molar-refractivity contribution >= 4 is 27.3 Å². The van der Waals surface area contributed by atoms with Gasteiger partial charge in [-0.2, -0.15) is 0 Å². The van der Waals surface area contributed by atoms with Gasteiger partial charge in [0.1, 0.15) is 11.4 Å². The van der Waals surface area contributed by atoms with Crippen molar-refractivity contribution in [3.05, 3.63) is 84.2 Å². The van der Waals surface area contributed by atoms with Gasteiger partial charge in [-0.25, -0.2) is 8.42 Å². The molecule has 1 aromatic heterocycles. The lowest BCUT2D eigenvalue weighted by Gasteiger charge is -2.32. The first kappa shape index (κ1) is 20.1. The van der Waals surface area contributed by atoms with Crippen LogP contribution < -0.4 is 9.21 Å². The lowest BCUT2D eigenvalue weighted by Crippen LogP contribution is -2.45. The van der Waals surface area contributed by atoms with Crippen LogP contribution >= 0.6 is 0 Å². The maximum atomic E-state index is 13.4. The zero-order chi connectivity index (χ0) is 21.1. The number of nitrogens with zero attached hydrogens (tertiary/aromatic N) is 3. The molecule has 7 heteroatoms. The second kappa shape index (κ2) is 8.28. The fourth-order valence-electron chi connectivity index (χ4n) is 3.65. The summed E-state index contributed by atoms with van der Waals surface area (Å²) in [5, 5.41) is 0. The number of anilines is 2. The van der Waals surface area contributed by atoms with E-state index in [2.05, 4.69) is 4.98 Å². The highest BCUT2D eigenvalue weighted by Gasteiger charge is 2.31. The zero-order valence-corrected chi connectivity index (χ0v) is 17.5. The molecular formula is C23H23N3O3S. The van der Waals surface area contributed by atoms with Crippen molar-refractivity contribution < 1.29 is 13.2 Å². The summed E-state index contributed by atoms with van der Waals surface area (Å²) in [5.74, 6) is -0.254. The molecular weight excluding hydrogens is 398 g/mol. The summed E-state index contributed by atoms with van der Waals surface area (Å²) in [7, 11) is -3.95. The van der Waals surface area contributed by atoms with E-state index >= 15 is 0 Å². The van der Waals surface area contributed by atoms with Crippen molar-refractivity contribution in [3.63, 3.8) is 0 Å². The van der Waals surface area contributed by atoms with Gasteiger partial charge in [0.05, 0.1) is 5.69 Å². The van der Waals surface area contributed by atoms with E-state index in [4.69, 9.17) is 0 Å². The minimum atomic E-state index is -3.95. The largest absolute Gasteiger partial charge is 0.311 e. The third-order valence-electron chi connectivity index (χ3n) is 5.23. The van der Waals surface area contributed by atoms with E-state index in [-0.39, 0.29) is 17.3 Å². The van der Waals surface area contributed by atoms with E-state index in [9.17, 15) is 13.2 Å². The number of fused-ring (bicyclic) bond motifs is 1. The van der Waals surface area contributed by atoms with Gasteiger partial charge in [0, 0.05) is 24.6 Å². The summed E-state index contributed by atoms with van der Waals surface area (Å²) in [5.41, 5.74) is 3.42. The molecule has 30 heavy (non-hydrogen) atoms. The van der Waals surface area contributed by atoms with Crippen molar-refractivity contribution in [2.24, 2.45) is 0 Å². The molecule has 0 atom stereocenters. The summed E-state index contributed by atoms with van der Waals surface area (Å²) in [6.45, 7) is 2.22. The Morgan fingerprint density at radius 3 is 2.57 bits per heavy atom. The first-order valence-corrected chi connectivity index (χ1v) is 11.3. The molecule has 0 fully saturated rings.